The topological polar surface area (TPSA) is 67.2 Å². The van der Waals surface area contributed by atoms with Gasteiger partial charge in [0, 0.05) is 24.1 Å². The standard InChI is InChI=1S/C19H25N3O2S/c1-13-9-14(2)11-16(10-13)22-8-7-20-19(22)25-12-18(24)21-15-3-5-17(23)6-4-15/h7-11,15,17,23H,3-6,12H2,1-2H3,(H,21,24). The monoisotopic (exact) mass is 359 g/mol. The van der Waals surface area contributed by atoms with Gasteiger partial charge in [-0.2, -0.15) is 0 Å². The van der Waals surface area contributed by atoms with Gasteiger partial charge in [0.25, 0.3) is 0 Å². The van der Waals surface area contributed by atoms with Crippen LogP contribution < -0.4 is 5.32 Å². The van der Waals surface area contributed by atoms with Crippen LogP contribution in [0.3, 0.4) is 0 Å². The van der Waals surface area contributed by atoms with Crippen molar-refractivity contribution in [1.29, 1.82) is 0 Å². The third-order valence-electron chi connectivity index (χ3n) is 4.49. The first-order valence-electron chi connectivity index (χ1n) is 8.73. The summed E-state index contributed by atoms with van der Waals surface area (Å²) in [6.07, 6.45) is 6.75. The van der Waals surface area contributed by atoms with Gasteiger partial charge in [-0.05, 0) is 62.8 Å². The Morgan fingerprint density at radius 2 is 1.92 bits per heavy atom. The number of carbonyl (C=O) groups excluding carboxylic acids is 1. The number of benzene rings is 1. The lowest BCUT2D eigenvalue weighted by Crippen LogP contribution is -2.39. The average Bonchev–Trinajstić information content (AvgIpc) is 3.03. The molecule has 0 radical (unpaired) electrons. The summed E-state index contributed by atoms with van der Waals surface area (Å²) in [7, 11) is 0. The van der Waals surface area contributed by atoms with Crippen molar-refractivity contribution in [3.63, 3.8) is 0 Å². The van der Waals surface area contributed by atoms with E-state index < -0.39 is 0 Å². The Kier molecular flexibility index (Phi) is 5.81. The van der Waals surface area contributed by atoms with Gasteiger partial charge in [-0.25, -0.2) is 4.98 Å². The van der Waals surface area contributed by atoms with Crippen LogP contribution in [0.1, 0.15) is 36.8 Å². The highest BCUT2D eigenvalue weighted by Crippen LogP contribution is 2.23. The highest BCUT2D eigenvalue weighted by molar-refractivity contribution is 7.99. The number of thioether (sulfide) groups is 1. The van der Waals surface area contributed by atoms with Crippen molar-refractivity contribution >= 4 is 17.7 Å². The Bertz CT molecular complexity index is 716. The summed E-state index contributed by atoms with van der Waals surface area (Å²) in [5, 5.41) is 13.4. The van der Waals surface area contributed by atoms with Crippen LogP contribution in [0.25, 0.3) is 5.69 Å². The van der Waals surface area contributed by atoms with Crippen LogP contribution in [-0.4, -0.2) is 38.5 Å². The van der Waals surface area contributed by atoms with E-state index in [1.54, 1.807) is 6.20 Å². The second-order valence-corrected chi connectivity index (χ2v) is 7.73. The predicted molar refractivity (Wildman–Crippen MR) is 100 cm³/mol. The minimum absolute atomic E-state index is 0.0290. The Balaban J connectivity index is 1.59. The van der Waals surface area contributed by atoms with E-state index in [1.807, 2.05) is 10.8 Å². The third kappa shape index (κ3) is 4.86. The van der Waals surface area contributed by atoms with Gasteiger partial charge < -0.3 is 10.4 Å². The number of aliphatic hydroxyl groups excluding tert-OH is 1. The summed E-state index contributed by atoms with van der Waals surface area (Å²) >= 11 is 1.45. The molecule has 5 nitrogen and oxygen atoms in total. The maximum absolute atomic E-state index is 12.2. The number of aliphatic hydroxyl groups is 1. The molecule has 1 saturated carbocycles. The summed E-state index contributed by atoms with van der Waals surface area (Å²) in [6.45, 7) is 4.16. The molecule has 134 valence electrons. The van der Waals surface area contributed by atoms with Crippen LogP contribution in [0.2, 0.25) is 0 Å². The fourth-order valence-corrected chi connectivity index (χ4v) is 4.09. The smallest absolute Gasteiger partial charge is 0.230 e. The fraction of sp³-hybridized carbons (Fsp3) is 0.474. The molecule has 25 heavy (non-hydrogen) atoms. The molecule has 1 fully saturated rings. The molecule has 3 rings (SSSR count). The molecule has 1 heterocycles. The molecule has 0 spiro atoms. The van der Waals surface area contributed by atoms with E-state index in [9.17, 15) is 9.90 Å². The highest BCUT2D eigenvalue weighted by atomic mass is 32.2. The lowest BCUT2D eigenvalue weighted by molar-refractivity contribution is -0.119. The Labute approximate surface area is 152 Å². The van der Waals surface area contributed by atoms with Gasteiger partial charge in [-0.15, -0.1) is 0 Å². The maximum atomic E-state index is 12.2. The van der Waals surface area contributed by atoms with Crippen molar-refractivity contribution < 1.29 is 9.90 Å². The Morgan fingerprint density at radius 3 is 2.60 bits per heavy atom. The SMILES string of the molecule is Cc1cc(C)cc(-n2ccnc2SCC(=O)NC2CCC(O)CC2)c1. The lowest BCUT2D eigenvalue weighted by Gasteiger charge is -2.26. The first-order valence-corrected chi connectivity index (χ1v) is 9.72. The van der Waals surface area contributed by atoms with E-state index in [0.29, 0.717) is 5.75 Å². The zero-order valence-electron chi connectivity index (χ0n) is 14.7. The minimum atomic E-state index is -0.201. The van der Waals surface area contributed by atoms with Gasteiger partial charge >= 0.3 is 0 Å². The lowest BCUT2D eigenvalue weighted by atomic mass is 9.93. The number of hydrogen-bond acceptors (Lipinski definition) is 4. The van der Waals surface area contributed by atoms with Gasteiger partial charge in [-0.1, -0.05) is 17.8 Å². The molecule has 0 saturated heterocycles. The number of carbonyl (C=O) groups is 1. The first kappa shape index (κ1) is 18.0. The normalized spacial score (nSPS) is 20.4. The zero-order valence-corrected chi connectivity index (χ0v) is 15.6. The molecule has 0 atom stereocenters. The van der Waals surface area contributed by atoms with Crippen molar-refractivity contribution in [3.8, 4) is 5.69 Å². The second-order valence-electron chi connectivity index (χ2n) is 6.79. The number of amides is 1. The summed E-state index contributed by atoms with van der Waals surface area (Å²) in [6, 6.07) is 6.57. The van der Waals surface area contributed by atoms with E-state index in [1.165, 1.54) is 22.9 Å². The number of hydrogen-bond donors (Lipinski definition) is 2. The molecule has 1 aromatic heterocycles. The number of nitrogens with one attached hydrogen (secondary N) is 1. The van der Waals surface area contributed by atoms with Gasteiger partial charge in [0.2, 0.25) is 5.91 Å². The van der Waals surface area contributed by atoms with Crippen molar-refractivity contribution in [2.75, 3.05) is 5.75 Å². The van der Waals surface area contributed by atoms with Crippen LogP contribution in [0.15, 0.2) is 35.7 Å². The maximum Gasteiger partial charge on any atom is 0.230 e. The van der Waals surface area contributed by atoms with E-state index in [0.717, 1.165) is 36.5 Å². The summed E-state index contributed by atoms with van der Waals surface area (Å²) in [5.41, 5.74) is 3.48. The molecular formula is C19H25N3O2S. The van der Waals surface area contributed by atoms with E-state index in [2.05, 4.69) is 42.3 Å². The Morgan fingerprint density at radius 1 is 1.24 bits per heavy atom. The van der Waals surface area contributed by atoms with E-state index >= 15 is 0 Å². The molecule has 1 aliphatic rings. The molecule has 0 unspecified atom stereocenters. The molecular weight excluding hydrogens is 334 g/mol. The minimum Gasteiger partial charge on any atom is -0.393 e. The third-order valence-corrected chi connectivity index (χ3v) is 5.45. The molecule has 1 amide bonds. The summed E-state index contributed by atoms with van der Waals surface area (Å²) < 4.78 is 2.02. The largest absolute Gasteiger partial charge is 0.393 e. The Hall–Kier alpha value is -1.79. The van der Waals surface area contributed by atoms with Crippen LogP contribution in [0, 0.1) is 13.8 Å². The number of imidazole rings is 1. The molecule has 6 heteroatoms. The van der Waals surface area contributed by atoms with Crippen molar-refractivity contribution in [3.05, 3.63) is 41.7 Å². The molecule has 1 aromatic carbocycles. The van der Waals surface area contributed by atoms with Crippen molar-refractivity contribution in [2.45, 2.75) is 56.8 Å². The second kappa shape index (κ2) is 8.06. The highest BCUT2D eigenvalue weighted by Gasteiger charge is 2.21. The van der Waals surface area contributed by atoms with E-state index in [4.69, 9.17) is 0 Å². The van der Waals surface area contributed by atoms with Crippen LogP contribution in [0.5, 0.6) is 0 Å². The van der Waals surface area contributed by atoms with E-state index in [-0.39, 0.29) is 18.1 Å². The van der Waals surface area contributed by atoms with Gasteiger partial charge in [-0.3, -0.25) is 9.36 Å². The van der Waals surface area contributed by atoms with Gasteiger partial charge in [0.05, 0.1) is 11.9 Å². The number of aryl methyl sites for hydroxylation is 2. The molecule has 0 aliphatic heterocycles. The predicted octanol–water partition coefficient (Wildman–Crippen LogP) is 3.00. The first-order chi connectivity index (χ1) is 12.0. The van der Waals surface area contributed by atoms with Crippen LogP contribution in [-0.2, 0) is 4.79 Å². The summed E-state index contributed by atoms with van der Waals surface area (Å²) in [5.74, 6) is 0.377. The molecule has 0 bridgehead atoms. The summed E-state index contributed by atoms with van der Waals surface area (Å²) in [4.78, 5) is 16.6. The average molecular weight is 359 g/mol. The number of aromatic nitrogens is 2. The van der Waals surface area contributed by atoms with Crippen molar-refractivity contribution in [1.82, 2.24) is 14.9 Å². The quantitative estimate of drug-likeness (QED) is 0.806. The van der Waals surface area contributed by atoms with Gasteiger partial charge in [0.15, 0.2) is 5.16 Å². The zero-order chi connectivity index (χ0) is 17.8. The fourth-order valence-electron chi connectivity index (χ4n) is 3.30. The van der Waals surface area contributed by atoms with Crippen LogP contribution in [0.4, 0.5) is 0 Å². The molecule has 1 aliphatic carbocycles. The van der Waals surface area contributed by atoms with Gasteiger partial charge in [0.1, 0.15) is 0 Å². The van der Waals surface area contributed by atoms with Crippen LogP contribution >= 0.6 is 11.8 Å². The number of rotatable bonds is 5. The molecule has 2 N–H and O–H groups in total. The van der Waals surface area contributed by atoms with Crippen molar-refractivity contribution in [2.24, 2.45) is 0 Å². The molecule has 2 aromatic rings. The number of nitrogens with zero attached hydrogens (tertiary/aromatic N) is 2.